The van der Waals surface area contributed by atoms with Crippen LogP contribution in [-0.4, -0.2) is 24.8 Å². The van der Waals surface area contributed by atoms with Crippen LogP contribution < -0.4 is 9.47 Å². The summed E-state index contributed by atoms with van der Waals surface area (Å²) < 4.78 is 17.4. The molecule has 1 heterocycles. The van der Waals surface area contributed by atoms with Crippen molar-refractivity contribution in [1.82, 2.24) is 0 Å². The molecule has 2 aliphatic carbocycles. The van der Waals surface area contributed by atoms with Gasteiger partial charge in [-0.05, 0) is 37.5 Å². The number of ether oxygens (including phenoxy) is 3. The predicted octanol–water partition coefficient (Wildman–Crippen LogP) is 4.23. The molecule has 0 unspecified atom stereocenters. The highest BCUT2D eigenvalue weighted by atomic mass is 16.5. The summed E-state index contributed by atoms with van der Waals surface area (Å²) in [6, 6.07) is 5.56. The molecule has 0 saturated heterocycles. The summed E-state index contributed by atoms with van der Waals surface area (Å²) in [5, 5.41) is 0. The molecule has 1 aromatic carbocycles. The Labute approximate surface area is 170 Å². The lowest BCUT2D eigenvalue weighted by molar-refractivity contribution is -0.117. The molecule has 0 saturated carbocycles. The first-order valence-corrected chi connectivity index (χ1v) is 10.2. The van der Waals surface area contributed by atoms with Crippen molar-refractivity contribution in [2.45, 2.75) is 51.4 Å². The second kappa shape index (κ2) is 8.16. The van der Waals surface area contributed by atoms with Gasteiger partial charge in [0, 0.05) is 42.7 Å². The molecule has 0 N–H and O–H groups in total. The number of ketones is 2. The summed E-state index contributed by atoms with van der Waals surface area (Å²) >= 11 is 0. The first-order chi connectivity index (χ1) is 14.1. The minimum atomic E-state index is -0.407. The van der Waals surface area contributed by atoms with Gasteiger partial charge in [0.05, 0.1) is 6.61 Å². The molecular weight excluding hydrogens is 368 g/mol. The zero-order chi connectivity index (χ0) is 20.4. The van der Waals surface area contributed by atoms with Crippen LogP contribution in [0.5, 0.6) is 11.5 Å². The van der Waals surface area contributed by atoms with Gasteiger partial charge < -0.3 is 14.2 Å². The molecule has 0 amide bonds. The lowest BCUT2D eigenvalue weighted by atomic mass is 9.73. The van der Waals surface area contributed by atoms with Crippen LogP contribution in [0.2, 0.25) is 0 Å². The van der Waals surface area contributed by atoms with Crippen molar-refractivity contribution in [3.8, 4) is 23.8 Å². The van der Waals surface area contributed by atoms with Crippen molar-refractivity contribution < 1.29 is 23.8 Å². The highest BCUT2D eigenvalue weighted by Gasteiger charge is 2.41. The smallest absolute Gasteiger partial charge is 0.163 e. The van der Waals surface area contributed by atoms with E-state index in [-0.39, 0.29) is 18.2 Å². The highest BCUT2D eigenvalue weighted by Crippen LogP contribution is 2.48. The number of allylic oxidation sites excluding steroid dienone is 4. The Morgan fingerprint density at radius 1 is 1.00 bits per heavy atom. The molecular formula is C24H24O5. The molecule has 29 heavy (non-hydrogen) atoms. The summed E-state index contributed by atoms with van der Waals surface area (Å²) in [4.78, 5) is 25.7. The fraction of sp³-hybridized carbons (Fsp3) is 0.417. The summed E-state index contributed by atoms with van der Waals surface area (Å²) in [6.45, 7) is 2.49. The quantitative estimate of drug-likeness (QED) is 0.702. The Morgan fingerprint density at radius 2 is 1.66 bits per heavy atom. The summed E-state index contributed by atoms with van der Waals surface area (Å²) in [5.41, 5.74) is 2.10. The van der Waals surface area contributed by atoms with E-state index in [0.29, 0.717) is 42.1 Å². The van der Waals surface area contributed by atoms with Gasteiger partial charge in [-0.2, -0.15) is 0 Å². The van der Waals surface area contributed by atoms with Gasteiger partial charge in [0.25, 0.3) is 0 Å². The van der Waals surface area contributed by atoms with Gasteiger partial charge in [-0.25, -0.2) is 0 Å². The van der Waals surface area contributed by atoms with E-state index in [4.69, 9.17) is 20.6 Å². The van der Waals surface area contributed by atoms with E-state index in [1.165, 1.54) is 0 Å². The SMILES string of the molecule is C#CCOc1ccc(C2C3=C(CCCC3=O)OC3=C2C(=O)CCC3)cc1OCC. The van der Waals surface area contributed by atoms with Crippen LogP contribution in [0, 0.1) is 12.3 Å². The average molecular weight is 392 g/mol. The summed E-state index contributed by atoms with van der Waals surface area (Å²) in [6.07, 6.45) is 9.29. The molecule has 4 rings (SSSR count). The Kier molecular flexibility index (Phi) is 5.44. The molecule has 150 valence electrons. The van der Waals surface area contributed by atoms with E-state index in [1.807, 2.05) is 19.1 Å². The summed E-state index contributed by atoms with van der Waals surface area (Å²) in [7, 11) is 0. The Balaban J connectivity index is 1.84. The molecule has 0 aromatic heterocycles. The maximum Gasteiger partial charge on any atom is 0.163 e. The van der Waals surface area contributed by atoms with Crippen LogP contribution >= 0.6 is 0 Å². The zero-order valence-electron chi connectivity index (χ0n) is 16.6. The van der Waals surface area contributed by atoms with Crippen LogP contribution in [0.3, 0.4) is 0 Å². The number of terminal acetylenes is 1. The van der Waals surface area contributed by atoms with Crippen LogP contribution in [0.15, 0.2) is 40.9 Å². The Morgan fingerprint density at radius 3 is 2.24 bits per heavy atom. The maximum absolute atomic E-state index is 12.9. The number of carbonyl (C=O) groups is 2. The highest BCUT2D eigenvalue weighted by molar-refractivity contribution is 6.05. The van der Waals surface area contributed by atoms with Gasteiger partial charge in [-0.1, -0.05) is 12.0 Å². The number of benzene rings is 1. The summed E-state index contributed by atoms with van der Waals surface area (Å²) in [5.74, 6) is 4.73. The molecule has 0 atom stereocenters. The molecule has 0 radical (unpaired) electrons. The molecule has 5 heteroatoms. The number of Topliss-reactive ketones (excluding diaryl/α,β-unsaturated/α-hetero) is 2. The van der Waals surface area contributed by atoms with Gasteiger partial charge in [0.1, 0.15) is 18.1 Å². The topological polar surface area (TPSA) is 61.8 Å². The van der Waals surface area contributed by atoms with E-state index in [2.05, 4.69) is 5.92 Å². The molecule has 0 fully saturated rings. The number of carbonyl (C=O) groups excluding carboxylic acids is 2. The van der Waals surface area contributed by atoms with Gasteiger partial charge in [0.2, 0.25) is 0 Å². The zero-order valence-corrected chi connectivity index (χ0v) is 16.6. The monoisotopic (exact) mass is 392 g/mol. The molecule has 5 nitrogen and oxygen atoms in total. The Hall–Kier alpha value is -3.00. The number of hydrogen-bond donors (Lipinski definition) is 0. The third kappa shape index (κ3) is 3.55. The lowest BCUT2D eigenvalue weighted by Gasteiger charge is -2.36. The first-order valence-electron chi connectivity index (χ1n) is 10.2. The van der Waals surface area contributed by atoms with E-state index in [0.717, 1.165) is 42.8 Å². The van der Waals surface area contributed by atoms with Gasteiger partial charge in [-0.15, -0.1) is 6.42 Å². The van der Waals surface area contributed by atoms with Gasteiger partial charge in [0.15, 0.2) is 23.1 Å². The fourth-order valence-corrected chi connectivity index (χ4v) is 4.36. The van der Waals surface area contributed by atoms with Gasteiger partial charge in [-0.3, -0.25) is 9.59 Å². The van der Waals surface area contributed by atoms with E-state index in [9.17, 15) is 9.59 Å². The van der Waals surface area contributed by atoms with E-state index < -0.39 is 5.92 Å². The molecule has 1 aliphatic heterocycles. The number of hydrogen-bond acceptors (Lipinski definition) is 5. The predicted molar refractivity (Wildman–Crippen MR) is 108 cm³/mol. The second-order valence-electron chi connectivity index (χ2n) is 7.39. The molecule has 0 spiro atoms. The Bertz CT molecular complexity index is 918. The van der Waals surface area contributed by atoms with Crippen LogP contribution in [0.4, 0.5) is 0 Å². The van der Waals surface area contributed by atoms with Crippen molar-refractivity contribution in [1.29, 1.82) is 0 Å². The van der Waals surface area contributed by atoms with Crippen molar-refractivity contribution >= 4 is 11.6 Å². The van der Waals surface area contributed by atoms with Gasteiger partial charge >= 0.3 is 0 Å². The molecule has 3 aliphatic rings. The van der Waals surface area contributed by atoms with Crippen molar-refractivity contribution in [2.75, 3.05) is 13.2 Å². The second-order valence-corrected chi connectivity index (χ2v) is 7.39. The lowest BCUT2D eigenvalue weighted by Crippen LogP contribution is -2.30. The van der Waals surface area contributed by atoms with Crippen LogP contribution in [0.1, 0.15) is 56.9 Å². The largest absolute Gasteiger partial charge is 0.490 e. The third-order valence-corrected chi connectivity index (χ3v) is 5.55. The minimum Gasteiger partial charge on any atom is -0.490 e. The third-order valence-electron chi connectivity index (χ3n) is 5.55. The first kappa shape index (κ1) is 19.3. The molecule has 1 aromatic rings. The van der Waals surface area contributed by atoms with Crippen molar-refractivity contribution in [2.24, 2.45) is 0 Å². The maximum atomic E-state index is 12.9. The van der Waals surface area contributed by atoms with Crippen LogP contribution in [-0.2, 0) is 14.3 Å². The van der Waals surface area contributed by atoms with E-state index in [1.54, 1.807) is 6.07 Å². The van der Waals surface area contributed by atoms with E-state index >= 15 is 0 Å². The minimum absolute atomic E-state index is 0.0618. The number of rotatable bonds is 5. The van der Waals surface area contributed by atoms with Crippen molar-refractivity contribution in [3.63, 3.8) is 0 Å². The molecule has 0 bridgehead atoms. The van der Waals surface area contributed by atoms with Crippen molar-refractivity contribution in [3.05, 3.63) is 46.4 Å². The van der Waals surface area contributed by atoms with Crippen LogP contribution in [0.25, 0.3) is 0 Å². The average Bonchev–Trinajstić information content (AvgIpc) is 2.72. The normalized spacial score (nSPS) is 19.3. The fourth-order valence-electron chi connectivity index (χ4n) is 4.36. The standard InChI is InChI=1S/C24H24O5/c1-3-13-28-18-12-11-15(14-21(18)27-4-2)22-23-16(25)7-5-9-19(23)29-20-10-6-8-17(26)24(20)22/h1,11-12,14,22H,4-10,13H2,2H3.